The third-order valence-electron chi connectivity index (χ3n) is 3.60. The van der Waals surface area contributed by atoms with Gasteiger partial charge in [-0.15, -0.1) is 0 Å². The van der Waals surface area contributed by atoms with Crippen LogP contribution in [-0.4, -0.2) is 53.3 Å². The van der Waals surface area contributed by atoms with Crippen molar-refractivity contribution in [1.29, 1.82) is 0 Å². The Morgan fingerprint density at radius 2 is 1.95 bits per heavy atom. The molecule has 102 valence electrons. The van der Waals surface area contributed by atoms with Crippen molar-refractivity contribution >= 4 is 23.2 Å². The summed E-state index contributed by atoms with van der Waals surface area (Å²) in [4.78, 5) is 30.8. The highest BCUT2D eigenvalue weighted by molar-refractivity contribution is 5.98. The fourth-order valence-corrected chi connectivity index (χ4v) is 2.42. The Kier molecular flexibility index (Phi) is 3.33. The van der Waals surface area contributed by atoms with E-state index in [9.17, 15) is 9.59 Å². The quantitative estimate of drug-likeness (QED) is 0.768. The molecule has 2 heterocycles. The standard InChI is InChI=1S/C15H15N3O2/c19-11-17-6-8-18(9-7-17)15(20)13-3-4-14-12(10-13)2-1-5-16-14/h1-5,10-11H,6-9H2. The van der Waals surface area contributed by atoms with Crippen LogP contribution in [-0.2, 0) is 4.79 Å². The van der Waals surface area contributed by atoms with Crippen LogP contribution in [0.5, 0.6) is 0 Å². The number of carbonyl (C=O) groups is 2. The topological polar surface area (TPSA) is 53.5 Å². The number of hydrogen-bond donors (Lipinski definition) is 0. The highest BCUT2D eigenvalue weighted by Crippen LogP contribution is 2.15. The minimum absolute atomic E-state index is 0.0151. The van der Waals surface area contributed by atoms with Gasteiger partial charge in [0, 0.05) is 43.3 Å². The maximum atomic E-state index is 12.4. The van der Waals surface area contributed by atoms with E-state index in [0.29, 0.717) is 31.7 Å². The molecule has 5 heteroatoms. The van der Waals surface area contributed by atoms with E-state index >= 15 is 0 Å². The number of benzene rings is 1. The van der Waals surface area contributed by atoms with Crippen molar-refractivity contribution in [3.05, 3.63) is 42.1 Å². The van der Waals surface area contributed by atoms with Crippen molar-refractivity contribution in [2.45, 2.75) is 0 Å². The molecule has 0 bridgehead atoms. The first-order valence-corrected chi connectivity index (χ1v) is 6.61. The molecule has 1 fully saturated rings. The third-order valence-corrected chi connectivity index (χ3v) is 3.60. The number of nitrogens with zero attached hydrogens (tertiary/aromatic N) is 3. The lowest BCUT2D eigenvalue weighted by Gasteiger charge is -2.32. The van der Waals surface area contributed by atoms with E-state index in [1.165, 1.54) is 0 Å². The van der Waals surface area contributed by atoms with Gasteiger partial charge in [-0.25, -0.2) is 0 Å². The Labute approximate surface area is 116 Å². The SMILES string of the molecule is O=CN1CCN(C(=O)c2ccc3ncccc3c2)CC1. The molecule has 1 aliphatic rings. The van der Waals surface area contributed by atoms with Crippen LogP contribution >= 0.6 is 0 Å². The zero-order chi connectivity index (χ0) is 13.9. The van der Waals surface area contributed by atoms with Gasteiger partial charge < -0.3 is 9.80 Å². The Hall–Kier alpha value is -2.43. The van der Waals surface area contributed by atoms with Gasteiger partial charge in [0.25, 0.3) is 5.91 Å². The molecule has 2 aromatic rings. The lowest BCUT2D eigenvalue weighted by atomic mass is 10.1. The predicted octanol–water partition coefficient (Wildman–Crippen LogP) is 1.15. The fraction of sp³-hybridized carbons (Fsp3) is 0.267. The van der Waals surface area contributed by atoms with Crippen LogP contribution in [0, 0.1) is 0 Å². The minimum atomic E-state index is 0.0151. The van der Waals surface area contributed by atoms with Gasteiger partial charge in [-0.2, -0.15) is 0 Å². The molecule has 0 aliphatic carbocycles. The van der Waals surface area contributed by atoms with Gasteiger partial charge in [-0.05, 0) is 24.3 Å². The second kappa shape index (κ2) is 5.28. The lowest BCUT2D eigenvalue weighted by Crippen LogP contribution is -2.48. The van der Waals surface area contributed by atoms with Gasteiger partial charge in [-0.3, -0.25) is 14.6 Å². The Balaban J connectivity index is 1.80. The molecule has 20 heavy (non-hydrogen) atoms. The van der Waals surface area contributed by atoms with Gasteiger partial charge in [0.15, 0.2) is 0 Å². The second-order valence-corrected chi connectivity index (χ2v) is 4.84. The van der Waals surface area contributed by atoms with Gasteiger partial charge in [0.1, 0.15) is 0 Å². The summed E-state index contributed by atoms with van der Waals surface area (Å²) in [7, 11) is 0. The number of hydrogen-bond acceptors (Lipinski definition) is 3. The molecular weight excluding hydrogens is 254 g/mol. The number of amides is 2. The maximum absolute atomic E-state index is 12.4. The van der Waals surface area contributed by atoms with Gasteiger partial charge in [0.05, 0.1) is 5.52 Å². The summed E-state index contributed by atoms with van der Waals surface area (Å²) < 4.78 is 0. The summed E-state index contributed by atoms with van der Waals surface area (Å²) in [6.45, 7) is 2.38. The average Bonchev–Trinajstić information content (AvgIpc) is 2.54. The van der Waals surface area contributed by atoms with E-state index in [2.05, 4.69) is 4.98 Å². The van der Waals surface area contributed by atoms with E-state index in [1.807, 2.05) is 30.3 Å². The Morgan fingerprint density at radius 3 is 2.70 bits per heavy atom. The summed E-state index contributed by atoms with van der Waals surface area (Å²) in [5.41, 5.74) is 1.56. The molecule has 3 rings (SSSR count). The molecule has 0 saturated carbocycles. The first-order valence-electron chi connectivity index (χ1n) is 6.61. The van der Waals surface area contributed by atoms with Crippen molar-refractivity contribution in [2.75, 3.05) is 26.2 Å². The fourth-order valence-electron chi connectivity index (χ4n) is 2.42. The van der Waals surface area contributed by atoms with Gasteiger partial charge in [0.2, 0.25) is 6.41 Å². The number of aromatic nitrogens is 1. The number of fused-ring (bicyclic) bond motifs is 1. The molecule has 1 aromatic heterocycles. The summed E-state index contributed by atoms with van der Waals surface area (Å²) in [5, 5.41) is 0.963. The largest absolute Gasteiger partial charge is 0.342 e. The highest BCUT2D eigenvalue weighted by Gasteiger charge is 2.21. The van der Waals surface area contributed by atoms with Crippen molar-refractivity contribution in [3.8, 4) is 0 Å². The summed E-state index contributed by atoms with van der Waals surface area (Å²) >= 11 is 0. The van der Waals surface area contributed by atoms with Crippen LogP contribution in [0.1, 0.15) is 10.4 Å². The van der Waals surface area contributed by atoms with Crippen LogP contribution in [0.2, 0.25) is 0 Å². The number of pyridine rings is 1. The van der Waals surface area contributed by atoms with E-state index in [1.54, 1.807) is 16.0 Å². The lowest BCUT2D eigenvalue weighted by molar-refractivity contribution is -0.119. The van der Waals surface area contributed by atoms with Gasteiger partial charge >= 0.3 is 0 Å². The molecule has 0 atom stereocenters. The van der Waals surface area contributed by atoms with E-state index in [4.69, 9.17) is 0 Å². The van der Waals surface area contributed by atoms with Crippen LogP contribution in [0.3, 0.4) is 0 Å². The highest BCUT2D eigenvalue weighted by atomic mass is 16.2. The normalized spacial score (nSPS) is 15.4. The van der Waals surface area contributed by atoms with Crippen molar-refractivity contribution in [3.63, 3.8) is 0 Å². The number of carbonyl (C=O) groups excluding carboxylic acids is 2. The second-order valence-electron chi connectivity index (χ2n) is 4.84. The monoisotopic (exact) mass is 269 g/mol. The smallest absolute Gasteiger partial charge is 0.253 e. The van der Waals surface area contributed by atoms with E-state index in [-0.39, 0.29) is 5.91 Å². The maximum Gasteiger partial charge on any atom is 0.253 e. The predicted molar refractivity (Wildman–Crippen MR) is 75.3 cm³/mol. The van der Waals surface area contributed by atoms with Gasteiger partial charge in [-0.1, -0.05) is 6.07 Å². The summed E-state index contributed by atoms with van der Waals surface area (Å²) in [6, 6.07) is 9.35. The summed E-state index contributed by atoms with van der Waals surface area (Å²) in [6.07, 6.45) is 2.58. The molecule has 1 aliphatic heterocycles. The minimum Gasteiger partial charge on any atom is -0.342 e. The molecular formula is C15H15N3O2. The first-order chi connectivity index (χ1) is 9.78. The molecule has 0 unspecified atom stereocenters. The Morgan fingerprint density at radius 1 is 1.15 bits per heavy atom. The average molecular weight is 269 g/mol. The van der Waals surface area contributed by atoms with E-state index < -0.39 is 0 Å². The number of rotatable bonds is 2. The molecule has 1 aromatic carbocycles. The van der Waals surface area contributed by atoms with Crippen molar-refractivity contribution in [2.24, 2.45) is 0 Å². The zero-order valence-corrected chi connectivity index (χ0v) is 11.0. The Bertz CT molecular complexity index is 648. The van der Waals surface area contributed by atoms with Crippen LogP contribution in [0.4, 0.5) is 0 Å². The van der Waals surface area contributed by atoms with E-state index in [0.717, 1.165) is 17.3 Å². The third kappa shape index (κ3) is 2.34. The first kappa shape index (κ1) is 12.6. The number of piperazine rings is 1. The summed E-state index contributed by atoms with van der Waals surface area (Å²) in [5.74, 6) is 0.0151. The zero-order valence-electron chi connectivity index (χ0n) is 11.0. The van der Waals surface area contributed by atoms with Crippen LogP contribution in [0.15, 0.2) is 36.5 Å². The molecule has 0 spiro atoms. The molecule has 5 nitrogen and oxygen atoms in total. The van der Waals surface area contributed by atoms with Crippen LogP contribution < -0.4 is 0 Å². The van der Waals surface area contributed by atoms with Crippen LogP contribution in [0.25, 0.3) is 10.9 Å². The molecule has 0 N–H and O–H groups in total. The molecule has 1 saturated heterocycles. The van der Waals surface area contributed by atoms with Crippen molar-refractivity contribution in [1.82, 2.24) is 14.8 Å². The van der Waals surface area contributed by atoms with Crippen molar-refractivity contribution < 1.29 is 9.59 Å². The molecule has 2 amide bonds. The molecule has 0 radical (unpaired) electrons.